The number of nitrogens with one attached hydrogen (secondary N) is 1. The van der Waals surface area contributed by atoms with Crippen molar-refractivity contribution in [2.24, 2.45) is 17.3 Å². The van der Waals surface area contributed by atoms with Crippen molar-refractivity contribution in [1.82, 2.24) is 15.1 Å². The number of nitrogens with zero attached hydrogens (tertiary/aromatic N) is 2. The Bertz CT molecular complexity index is 1370. The van der Waals surface area contributed by atoms with Gasteiger partial charge in [0.25, 0.3) is 0 Å². The number of benzene rings is 1. The van der Waals surface area contributed by atoms with E-state index in [-0.39, 0.29) is 55.9 Å². The number of carbonyl (C=O) groups is 4. The van der Waals surface area contributed by atoms with Gasteiger partial charge in [0, 0.05) is 31.7 Å². The van der Waals surface area contributed by atoms with Crippen LogP contribution in [0.25, 0.3) is 0 Å². The minimum atomic E-state index is -1.30. The summed E-state index contributed by atoms with van der Waals surface area (Å²) in [4.78, 5) is 59.7. The van der Waals surface area contributed by atoms with Gasteiger partial charge in [0.1, 0.15) is 18.2 Å². The number of cyclic esters (lactones) is 1. The number of carbonyl (C=O) groups excluding carboxylic acids is 4. The fraction of sp³-hybridized carbons (Fsp3) is 0.611. The Labute approximate surface area is 272 Å². The molecule has 0 aliphatic carbocycles. The van der Waals surface area contributed by atoms with Crippen LogP contribution >= 0.6 is 0 Å². The lowest BCUT2D eigenvalue weighted by atomic mass is 9.73. The molecular weight excluding hydrogens is 586 g/mol. The van der Waals surface area contributed by atoms with Crippen LogP contribution in [0.5, 0.6) is 0 Å². The number of hydrogen-bond donors (Lipinski definition) is 2. The molecule has 2 N–H and O–H groups in total. The number of esters is 1. The number of ether oxygens (including phenoxy) is 2. The zero-order valence-corrected chi connectivity index (χ0v) is 27.7. The Morgan fingerprint density at radius 3 is 2.43 bits per heavy atom. The first-order chi connectivity index (χ1) is 21.8. The Balaban J connectivity index is 1.58. The fourth-order valence-corrected chi connectivity index (χ4v) is 7.98. The number of likely N-dealkylation sites (tertiary alicyclic amines) is 1. The lowest BCUT2D eigenvalue weighted by Crippen LogP contribution is -2.60. The van der Waals surface area contributed by atoms with Gasteiger partial charge in [0.2, 0.25) is 17.7 Å². The molecule has 5 bridgehead atoms. The molecule has 0 radical (unpaired) electrons. The van der Waals surface area contributed by atoms with E-state index in [1.54, 1.807) is 4.90 Å². The highest BCUT2D eigenvalue weighted by atomic mass is 16.5. The van der Waals surface area contributed by atoms with Gasteiger partial charge >= 0.3 is 5.97 Å². The molecule has 0 saturated carbocycles. The molecule has 1 aromatic carbocycles. The van der Waals surface area contributed by atoms with Crippen molar-refractivity contribution in [3.63, 3.8) is 0 Å². The van der Waals surface area contributed by atoms with Gasteiger partial charge in [-0.05, 0) is 50.5 Å². The summed E-state index contributed by atoms with van der Waals surface area (Å²) in [5, 5.41) is 12.6. The van der Waals surface area contributed by atoms with Crippen LogP contribution < -0.4 is 5.32 Å². The smallest absolute Gasteiger partial charge is 0.306 e. The van der Waals surface area contributed by atoms with Crippen molar-refractivity contribution >= 4 is 23.7 Å². The van der Waals surface area contributed by atoms with E-state index in [4.69, 9.17) is 9.47 Å². The summed E-state index contributed by atoms with van der Waals surface area (Å²) in [7, 11) is 0. The molecule has 1 aromatic rings. The van der Waals surface area contributed by atoms with Gasteiger partial charge in [-0.2, -0.15) is 0 Å². The van der Waals surface area contributed by atoms with Gasteiger partial charge in [0.05, 0.1) is 24.0 Å². The largest absolute Gasteiger partial charge is 0.463 e. The van der Waals surface area contributed by atoms with Gasteiger partial charge in [-0.15, -0.1) is 0 Å². The number of allylic oxidation sites excluding steroid dienone is 1. The van der Waals surface area contributed by atoms with Crippen molar-refractivity contribution in [3.05, 3.63) is 60.2 Å². The second kappa shape index (κ2) is 13.3. The zero-order chi connectivity index (χ0) is 33.3. The number of aliphatic hydroxyl groups is 1. The van der Waals surface area contributed by atoms with Gasteiger partial charge in [-0.1, -0.05) is 75.4 Å². The predicted molar refractivity (Wildman–Crippen MR) is 172 cm³/mol. The first-order valence-corrected chi connectivity index (χ1v) is 16.5. The molecule has 0 aromatic heterocycles. The lowest BCUT2D eigenvalue weighted by molar-refractivity contribution is -0.152. The molecule has 10 heteroatoms. The second-order valence-electron chi connectivity index (χ2n) is 14.8. The van der Waals surface area contributed by atoms with Crippen LogP contribution in [0.3, 0.4) is 0 Å². The molecule has 0 unspecified atom stereocenters. The highest BCUT2D eigenvalue weighted by Gasteiger charge is 2.73. The van der Waals surface area contributed by atoms with Crippen LogP contribution in [0.2, 0.25) is 0 Å². The Hall–Kier alpha value is -3.50. The van der Waals surface area contributed by atoms with E-state index in [9.17, 15) is 24.3 Å². The van der Waals surface area contributed by atoms with Gasteiger partial charge in [0.15, 0.2) is 0 Å². The maximum Gasteiger partial charge on any atom is 0.306 e. The normalized spacial score (nSPS) is 31.2. The summed E-state index contributed by atoms with van der Waals surface area (Å²) in [6.45, 7) is 10.9. The van der Waals surface area contributed by atoms with E-state index in [1.165, 1.54) is 0 Å². The van der Waals surface area contributed by atoms with Gasteiger partial charge in [-0.25, -0.2) is 0 Å². The predicted octanol–water partition coefficient (Wildman–Crippen LogP) is 3.70. The Morgan fingerprint density at radius 2 is 1.74 bits per heavy atom. The van der Waals surface area contributed by atoms with Crippen LogP contribution in [-0.2, 0) is 28.7 Å². The minimum Gasteiger partial charge on any atom is -0.463 e. The third kappa shape index (κ3) is 6.65. The first-order valence-electron chi connectivity index (χ1n) is 16.5. The van der Waals surface area contributed by atoms with Crippen molar-refractivity contribution in [3.8, 4) is 0 Å². The van der Waals surface area contributed by atoms with E-state index in [0.29, 0.717) is 25.7 Å². The quantitative estimate of drug-likeness (QED) is 0.266. The fourth-order valence-electron chi connectivity index (χ4n) is 7.98. The number of fused-ring (bicyclic) bond motifs is 2. The van der Waals surface area contributed by atoms with Crippen molar-refractivity contribution < 1.29 is 33.8 Å². The lowest BCUT2D eigenvalue weighted by Gasteiger charge is -2.45. The Morgan fingerprint density at radius 1 is 1.00 bits per heavy atom. The second-order valence-corrected chi connectivity index (χ2v) is 14.8. The highest BCUT2D eigenvalue weighted by molar-refractivity contribution is 6.00. The van der Waals surface area contributed by atoms with Gasteiger partial charge < -0.3 is 29.7 Å². The van der Waals surface area contributed by atoms with E-state index in [1.807, 2.05) is 73.4 Å². The average molecular weight is 636 g/mol. The highest BCUT2D eigenvalue weighted by Crippen LogP contribution is 2.56. The summed E-state index contributed by atoms with van der Waals surface area (Å²) in [6.07, 6.45) is 9.01. The van der Waals surface area contributed by atoms with Crippen molar-refractivity contribution in [2.75, 3.05) is 26.3 Å². The summed E-state index contributed by atoms with van der Waals surface area (Å²) in [6, 6.07) is 7.68. The van der Waals surface area contributed by atoms with Gasteiger partial charge in [-0.3, -0.25) is 19.2 Å². The molecule has 250 valence electrons. The summed E-state index contributed by atoms with van der Waals surface area (Å²) in [5.74, 6) is -3.08. The maximum absolute atomic E-state index is 15.0. The number of hydrogen-bond acceptors (Lipinski definition) is 7. The molecule has 2 fully saturated rings. The number of rotatable bonds is 7. The van der Waals surface area contributed by atoms with Crippen molar-refractivity contribution in [1.29, 1.82) is 0 Å². The van der Waals surface area contributed by atoms with Crippen LogP contribution in [0, 0.1) is 17.3 Å². The first kappa shape index (κ1) is 33.9. The van der Waals surface area contributed by atoms with E-state index >= 15 is 0 Å². The molecule has 5 rings (SSSR count). The minimum absolute atomic E-state index is 0.0281. The van der Waals surface area contributed by atoms with E-state index in [0.717, 1.165) is 5.56 Å². The topological polar surface area (TPSA) is 125 Å². The van der Waals surface area contributed by atoms with E-state index < -0.39 is 47.1 Å². The van der Waals surface area contributed by atoms with E-state index in [2.05, 4.69) is 26.1 Å². The molecule has 4 aliphatic rings. The maximum atomic E-state index is 15.0. The monoisotopic (exact) mass is 635 g/mol. The molecule has 1 spiro atoms. The van der Waals surface area contributed by atoms with Crippen LogP contribution in [0.4, 0.5) is 0 Å². The summed E-state index contributed by atoms with van der Waals surface area (Å²) < 4.78 is 12.2. The number of amides is 3. The molecule has 46 heavy (non-hydrogen) atoms. The van der Waals surface area contributed by atoms with Crippen LogP contribution in [-0.4, -0.2) is 88.2 Å². The summed E-state index contributed by atoms with van der Waals surface area (Å²) in [5.41, 5.74) is -1.24. The molecule has 10 nitrogen and oxygen atoms in total. The average Bonchev–Trinajstić information content (AvgIpc) is 3.63. The molecular formula is C36H49N3O7. The third-order valence-electron chi connectivity index (χ3n) is 9.58. The third-order valence-corrected chi connectivity index (χ3v) is 9.58. The standard InChI is InChI=1S/C36H49N3O7/c1-34(2,3)23-35(4,5)39-20-11-7-10-16-27(41)45-22-25(24-14-8-6-9-15-24)37-31(42)28-26-17-18-36(46-26)29(28)32(43)38(19-12-13-21-40)30(36)33(39)44/h6-9,11,14-15,17-18,25-26,28-30,40H,10,12-13,16,19-23H2,1-5H3,(H,37,42)/b11-7-/t25-,26-,28+,29+,30-,36+/m1/s1. The Kier molecular flexibility index (Phi) is 9.80. The zero-order valence-electron chi connectivity index (χ0n) is 27.7. The van der Waals surface area contributed by atoms with Crippen LogP contribution in [0.15, 0.2) is 54.6 Å². The van der Waals surface area contributed by atoms with Crippen molar-refractivity contribution in [2.45, 2.75) is 96.1 Å². The number of unbranched alkanes of at least 4 members (excludes halogenated alkanes) is 1. The number of aliphatic hydroxyl groups excluding tert-OH is 1. The molecule has 6 atom stereocenters. The molecule has 2 saturated heterocycles. The molecule has 3 amide bonds. The summed E-state index contributed by atoms with van der Waals surface area (Å²) >= 11 is 0. The van der Waals surface area contributed by atoms with Crippen LogP contribution in [0.1, 0.15) is 78.3 Å². The molecule has 4 aliphatic heterocycles. The SMILES string of the molecule is CC(C)(C)CC(C)(C)N1C/C=C\CCC(=O)OC[C@H](c2ccccc2)NC(=O)[C@@H]2[C@H]3C(=O)N(CCCCO)[C@H](C1=O)[C@]31C=C[C@H]2O1. The molecule has 4 heterocycles.